The molecule has 19 heavy (non-hydrogen) atoms. The first-order valence-electron chi connectivity index (χ1n) is 5.79. The molecule has 0 bridgehead atoms. The lowest BCUT2D eigenvalue weighted by atomic mass is 10.1. The Balaban J connectivity index is 3.14. The maximum absolute atomic E-state index is 12.1. The number of carbonyl (C=O) groups excluding carboxylic acids is 1. The van der Waals surface area contributed by atoms with Crippen LogP contribution in [0.15, 0.2) is 12.1 Å². The van der Waals surface area contributed by atoms with Crippen LogP contribution in [0.2, 0.25) is 0 Å². The molecule has 0 radical (unpaired) electrons. The van der Waals surface area contributed by atoms with Gasteiger partial charge >= 0.3 is 0 Å². The van der Waals surface area contributed by atoms with Crippen LogP contribution in [0.1, 0.15) is 17.3 Å². The van der Waals surface area contributed by atoms with Crippen LogP contribution >= 0.6 is 0 Å². The second-order valence-electron chi connectivity index (χ2n) is 3.96. The Labute approximate surface area is 112 Å². The first-order chi connectivity index (χ1) is 9.07. The third kappa shape index (κ3) is 3.51. The van der Waals surface area contributed by atoms with Gasteiger partial charge in [0.15, 0.2) is 11.5 Å². The Morgan fingerprint density at radius 2 is 1.68 bits per heavy atom. The number of nitrogens with one attached hydrogen (secondary N) is 1. The monoisotopic (exact) mass is 269 g/mol. The van der Waals surface area contributed by atoms with Crippen molar-refractivity contribution in [3.63, 3.8) is 0 Å². The maximum atomic E-state index is 12.1. The molecule has 0 spiro atoms. The van der Waals surface area contributed by atoms with E-state index in [4.69, 9.17) is 19.3 Å². The number of carbonyl (C=O) groups is 1. The number of aliphatic hydroxyl groups excluding tert-OH is 1. The van der Waals surface area contributed by atoms with Gasteiger partial charge in [0.25, 0.3) is 5.91 Å². The van der Waals surface area contributed by atoms with Gasteiger partial charge in [0.2, 0.25) is 0 Å². The molecule has 1 amide bonds. The number of amides is 1. The minimum absolute atomic E-state index is 0.138. The summed E-state index contributed by atoms with van der Waals surface area (Å²) < 4.78 is 15.5. The van der Waals surface area contributed by atoms with E-state index in [1.54, 1.807) is 13.0 Å². The zero-order chi connectivity index (χ0) is 14.4. The predicted molar refractivity (Wildman–Crippen MR) is 70.1 cm³/mol. The van der Waals surface area contributed by atoms with Crippen molar-refractivity contribution in [2.75, 3.05) is 27.9 Å². The zero-order valence-electron chi connectivity index (χ0n) is 11.5. The molecule has 1 rings (SSSR count). The van der Waals surface area contributed by atoms with Gasteiger partial charge in [0, 0.05) is 18.2 Å². The number of methoxy groups -OCH3 is 3. The van der Waals surface area contributed by atoms with E-state index in [-0.39, 0.29) is 18.6 Å². The molecular weight excluding hydrogens is 250 g/mol. The van der Waals surface area contributed by atoms with E-state index in [2.05, 4.69) is 5.32 Å². The Kier molecular flexibility index (Phi) is 5.44. The molecule has 0 aliphatic rings. The van der Waals surface area contributed by atoms with Gasteiger partial charge < -0.3 is 24.6 Å². The maximum Gasteiger partial charge on any atom is 0.255 e. The van der Waals surface area contributed by atoms with E-state index in [1.807, 2.05) is 0 Å². The van der Waals surface area contributed by atoms with Gasteiger partial charge in [0.05, 0.1) is 33.5 Å². The second kappa shape index (κ2) is 6.84. The molecule has 0 fully saturated rings. The first-order valence-corrected chi connectivity index (χ1v) is 5.79. The van der Waals surface area contributed by atoms with Gasteiger partial charge in [-0.15, -0.1) is 0 Å². The standard InChI is InChI=1S/C13H19NO5/c1-8(7-15)14-13(16)9-5-11(18-3)12(19-4)6-10(9)17-2/h5-6,8,15H,7H2,1-4H3,(H,14,16)/t8-/m0/s1. The molecule has 0 aliphatic heterocycles. The van der Waals surface area contributed by atoms with E-state index in [0.717, 1.165) is 0 Å². The van der Waals surface area contributed by atoms with Crippen LogP contribution in [0, 0.1) is 0 Å². The summed E-state index contributed by atoms with van der Waals surface area (Å²) in [6, 6.07) is 2.78. The van der Waals surface area contributed by atoms with Crippen LogP contribution in [0.5, 0.6) is 17.2 Å². The topological polar surface area (TPSA) is 77.0 Å². The summed E-state index contributed by atoms with van der Waals surface area (Å²) in [5.74, 6) is 0.941. The lowest BCUT2D eigenvalue weighted by molar-refractivity contribution is 0.0919. The number of benzene rings is 1. The van der Waals surface area contributed by atoms with Crippen molar-refractivity contribution >= 4 is 5.91 Å². The molecule has 0 aromatic heterocycles. The summed E-state index contributed by atoms with van der Waals surface area (Å²) in [7, 11) is 4.46. The Morgan fingerprint density at radius 1 is 1.16 bits per heavy atom. The summed E-state index contributed by atoms with van der Waals surface area (Å²) in [6.45, 7) is 1.56. The van der Waals surface area contributed by atoms with E-state index in [1.165, 1.54) is 27.4 Å². The van der Waals surface area contributed by atoms with Crippen LogP contribution in [0.3, 0.4) is 0 Å². The summed E-state index contributed by atoms with van der Waals surface area (Å²) in [6.07, 6.45) is 0. The van der Waals surface area contributed by atoms with E-state index in [9.17, 15) is 4.79 Å². The molecule has 0 heterocycles. The smallest absolute Gasteiger partial charge is 0.255 e. The van der Waals surface area contributed by atoms with Crippen molar-refractivity contribution in [3.05, 3.63) is 17.7 Å². The van der Waals surface area contributed by atoms with E-state index in [0.29, 0.717) is 22.8 Å². The van der Waals surface area contributed by atoms with E-state index >= 15 is 0 Å². The molecule has 0 saturated carbocycles. The Bertz CT molecular complexity index is 447. The molecule has 106 valence electrons. The summed E-state index contributed by atoms with van der Waals surface area (Å²) in [4.78, 5) is 12.1. The molecule has 1 aromatic rings. The average molecular weight is 269 g/mol. The highest BCUT2D eigenvalue weighted by molar-refractivity contribution is 5.98. The SMILES string of the molecule is COc1cc(OC)c(C(=O)N[C@@H](C)CO)cc1OC. The van der Waals surface area contributed by atoms with Crippen molar-refractivity contribution < 1.29 is 24.1 Å². The number of hydrogen-bond acceptors (Lipinski definition) is 5. The van der Waals surface area contributed by atoms with Gasteiger partial charge in [-0.1, -0.05) is 0 Å². The third-order valence-electron chi connectivity index (χ3n) is 2.60. The first kappa shape index (κ1) is 15.1. The molecule has 0 unspecified atom stereocenters. The van der Waals surface area contributed by atoms with Crippen LogP contribution in [-0.4, -0.2) is 45.0 Å². The number of hydrogen-bond donors (Lipinski definition) is 2. The van der Waals surface area contributed by atoms with Crippen LogP contribution in [-0.2, 0) is 0 Å². The number of aliphatic hydroxyl groups is 1. The normalized spacial score (nSPS) is 11.6. The highest BCUT2D eigenvalue weighted by Crippen LogP contribution is 2.34. The van der Waals surface area contributed by atoms with Crippen molar-refractivity contribution in [1.82, 2.24) is 5.32 Å². The third-order valence-corrected chi connectivity index (χ3v) is 2.60. The van der Waals surface area contributed by atoms with Crippen molar-refractivity contribution in [1.29, 1.82) is 0 Å². The molecule has 1 aromatic carbocycles. The summed E-state index contributed by atoms with van der Waals surface area (Å²) in [5, 5.41) is 11.6. The molecule has 0 saturated heterocycles. The fourth-order valence-corrected chi connectivity index (χ4v) is 1.55. The van der Waals surface area contributed by atoms with Gasteiger partial charge in [-0.2, -0.15) is 0 Å². The minimum Gasteiger partial charge on any atom is -0.496 e. The largest absolute Gasteiger partial charge is 0.496 e. The van der Waals surface area contributed by atoms with Gasteiger partial charge in [-0.25, -0.2) is 0 Å². The molecule has 6 nitrogen and oxygen atoms in total. The van der Waals surface area contributed by atoms with Crippen LogP contribution in [0.25, 0.3) is 0 Å². The molecule has 6 heteroatoms. The predicted octanol–water partition coefficient (Wildman–Crippen LogP) is 0.823. The summed E-state index contributed by atoms with van der Waals surface area (Å²) >= 11 is 0. The van der Waals surface area contributed by atoms with Gasteiger partial charge in [-0.05, 0) is 6.92 Å². The number of ether oxygens (including phenoxy) is 3. The van der Waals surface area contributed by atoms with Crippen molar-refractivity contribution in [2.45, 2.75) is 13.0 Å². The molecular formula is C13H19NO5. The highest BCUT2D eigenvalue weighted by atomic mass is 16.5. The highest BCUT2D eigenvalue weighted by Gasteiger charge is 2.18. The van der Waals surface area contributed by atoms with Crippen LogP contribution < -0.4 is 19.5 Å². The lowest BCUT2D eigenvalue weighted by Crippen LogP contribution is -2.35. The molecule has 2 N–H and O–H groups in total. The van der Waals surface area contributed by atoms with Crippen molar-refractivity contribution in [2.24, 2.45) is 0 Å². The zero-order valence-corrected chi connectivity index (χ0v) is 11.5. The van der Waals surface area contributed by atoms with E-state index < -0.39 is 0 Å². The van der Waals surface area contributed by atoms with Crippen molar-refractivity contribution in [3.8, 4) is 17.2 Å². The Hall–Kier alpha value is -1.95. The number of rotatable bonds is 6. The lowest BCUT2D eigenvalue weighted by Gasteiger charge is -2.15. The summed E-state index contributed by atoms with van der Waals surface area (Å²) in [5.41, 5.74) is 0.320. The average Bonchev–Trinajstić information content (AvgIpc) is 2.45. The second-order valence-corrected chi connectivity index (χ2v) is 3.96. The van der Waals surface area contributed by atoms with Gasteiger partial charge in [-0.3, -0.25) is 4.79 Å². The fraction of sp³-hybridized carbons (Fsp3) is 0.462. The quantitative estimate of drug-likeness (QED) is 0.799. The molecule has 1 atom stereocenters. The molecule has 0 aliphatic carbocycles. The Morgan fingerprint density at radius 3 is 2.16 bits per heavy atom. The fourth-order valence-electron chi connectivity index (χ4n) is 1.55. The minimum atomic E-state index is -0.348. The van der Waals surface area contributed by atoms with Gasteiger partial charge in [0.1, 0.15) is 5.75 Å². The van der Waals surface area contributed by atoms with Crippen LogP contribution in [0.4, 0.5) is 0 Å².